The van der Waals surface area contributed by atoms with Crippen molar-refractivity contribution in [3.63, 3.8) is 0 Å². The monoisotopic (exact) mass is 413 g/mol. The summed E-state index contributed by atoms with van der Waals surface area (Å²) in [5.74, 6) is -2.39. The van der Waals surface area contributed by atoms with Crippen LogP contribution in [0.2, 0.25) is 0 Å². The molecule has 1 fully saturated rings. The van der Waals surface area contributed by atoms with Gasteiger partial charge in [0, 0.05) is 23.7 Å². The summed E-state index contributed by atoms with van der Waals surface area (Å²) >= 11 is 0. The third kappa shape index (κ3) is 6.01. The van der Waals surface area contributed by atoms with Crippen LogP contribution in [0.25, 0.3) is 0 Å². The molecule has 1 aromatic rings. The second-order valence-corrected chi connectivity index (χ2v) is 8.51. The van der Waals surface area contributed by atoms with Gasteiger partial charge in [-0.25, -0.2) is 13.2 Å². The molecule has 1 unspecified atom stereocenters. The number of nitro groups is 1. The maximum absolute atomic E-state index is 12.1. The Morgan fingerprint density at radius 1 is 1.36 bits per heavy atom. The van der Waals surface area contributed by atoms with E-state index in [0.29, 0.717) is 6.42 Å². The van der Waals surface area contributed by atoms with Gasteiger partial charge in [0.05, 0.1) is 16.4 Å². The minimum atomic E-state index is -3.15. The summed E-state index contributed by atoms with van der Waals surface area (Å²) < 4.78 is 27.5. The maximum Gasteiger partial charge on any atom is 0.328 e. The Labute approximate surface area is 160 Å². The fraction of sp³-hybridized carbons (Fsp3) is 0.438. The summed E-state index contributed by atoms with van der Waals surface area (Å²) in [6, 6.07) is 3.36. The topological polar surface area (TPSA) is 162 Å². The molecule has 0 aliphatic carbocycles. The van der Waals surface area contributed by atoms with Gasteiger partial charge >= 0.3 is 5.97 Å². The molecule has 2 N–H and O–H groups in total. The van der Waals surface area contributed by atoms with Crippen molar-refractivity contribution in [1.82, 2.24) is 10.6 Å². The first kappa shape index (κ1) is 21.3. The number of hydrogen-bond donors (Lipinski definition) is 2. The molecule has 1 aliphatic rings. The van der Waals surface area contributed by atoms with E-state index in [2.05, 4.69) is 10.6 Å². The molecule has 1 heterocycles. The van der Waals surface area contributed by atoms with Crippen molar-refractivity contribution in [2.45, 2.75) is 25.4 Å². The molecular weight excluding hydrogens is 394 g/mol. The molecule has 0 spiro atoms. The fourth-order valence-corrected chi connectivity index (χ4v) is 4.21. The highest BCUT2D eigenvalue weighted by atomic mass is 32.2. The van der Waals surface area contributed by atoms with E-state index in [1.54, 1.807) is 0 Å². The van der Waals surface area contributed by atoms with E-state index >= 15 is 0 Å². The Morgan fingerprint density at radius 2 is 2.07 bits per heavy atom. The first-order valence-corrected chi connectivity index (χ1v) is 10.1. The largest absolute Gasteiger partial charge is 0.454 e. The van der Waals surface area contributed by atoms with E-state index in [9.17, 15) is 32.9 Å². The smallest absolute Gasteiger partial charge is 0.328 e. The van der Waals surface area contributed by atoms with E-state index in [1.165, 1.54) is 25.1 Å². The van der Waals surface area contributed by atoms with Gasteiger partial charge in [0.2, 0.25) is 0 Å². The molecule has 0 radical (unpaired) electrons. The van der Waals surface area contributed by atoms with E-state index in [4.69, 9.17) is 4.74 Å². The zero-order valence-corrected chi connectivity index (χ0v) is 15.7. The van der Waals surface area contributed by atoms with Crippen LogP contribution in [0.5, 0.6) is 0 Å². The minimum Gasteiger partial charge on any atom is -0.454 e. The molecule has 2 rings (SSSR count). The highest BCUT2D eigenvalue weighted by Gasteiger charge is 2.29. The van der Waals surface area contributed by atoms with Crippen LogP contribution >= 0.6 is 0 Å². The lowest BCUT2D eigenvalue weighted by Crippen LogP contribution is -2.42. The Morgan fingerprint density at radius 3 is 2.68 bits per heavy atom. The van der Waals surface area contributed by atoms with Crippen LogP contribution in [0.4, 0.5) is 5.69 Å². The quantitative estimate of drug-likeness (QED) is 0.345. The Balaban J connectivity index is 1.80. The van der Waals surface area contributed by atoms with Gasteiger partial charge in [0.15, 0.2) is 16.4 Å². The number of benzene rings is 1. The maximum atomic E-state index is 12.1. The average molecular weight is 413 g/mol. The van der Waals surface area contributed by atoms with Crippen molar-refractivity contribution in [1.29, 1.82) is 0 Å². The number of nitrogens with one attached hydrogen (secondary N) is 2. The Bertz CT molecular complexity index is 899. The molecule has 152 valence electrons. The van der Waals surface area contributed by atoms with Gasteiger partial charge in [-0.05, 0) is 19.4 Å². The number of sulfone groups is 1. The summed E-state index contributed by atoms with van der Waals surface area (Å²) in [4.78, 5) is 45.8. The molecule has 0 bridgehead atoms. The molecule has 0 saturated carbocycles. The van der Waals surface area contributed by atoms with Crippen LogP contribution in [0.1, 0.15) is 23.7 Å². The SMILES string of the molecule is C[C@H](NC(=O)c1cccc([N+](=O)[O-])c1)C(=O)OCC(=O)NC1CCS(=O)(=O)C1. The lowest BCUT2D eigenvalue weighted by atomic mass is 10.2. The number of ether oxygens (including phenoxy) is 1. The van der Waals surface area contributed by atoms with Crippen molar-refractivity contribution >= 4 is 33.3 Å². The second-order valence-electron chi connectivity index (χ2n) is 6.28. The molecular formula is C16H19N3O8S. The third-order valence-electron chi connectivity index (χ3n) is 3.96. The minimum absolute atomic E-state index is 0.00154. The van der Waals surface area contributed by atoms with Crippen LogP contribution in [0, 0.1) is 10.1 Å². The Kier molecular flexibility index (Phi) is 6.67. The molecule has 1 aromatic carbocycles. The van der Waals surface area contributed by atoms with Crippen LogP contribution in [-0.2, 0) is 24.2 Å². The van der Waals surface area contributed by atoms with Crippen molar-refractivity contribution in [2.75, 3.05) is 18.1 Å². The van der Waals surface area contributed by atoms with Crippen molar-refractivity contribution in [3.8, 4) is 0 Å². The van der Waals surface area contributed by atoms with Gasteiger partial charge in [0.1, 0.15) is 6.04 Å². The van der Waals surface area contributed by atoms with E-state index in [-0.39, 0.29) is 22.8 Å². The zero-order chi connectivity index (χ0) is 20.9. The van der Waals surface area contributed by atoms with Crippen LogP contribution in [0.3, 0.4) is 0 Å². The van der Waals surface area contributed by atoms with Gasteiger partial charge in [-0.1, -0.05) is 6.07 Å². The lowest BCUT2D eigenvalue weighted by Gasteiger charge is -2.14. The number of carbonyl (C=O) groups is 3. The fourth-order valence-electron chi connectivity index (χ4n) is 2.54. The van der Waals surface area contributed by atoms with Gasteiger partial charge in [-0.3, -0.25) is 19.7 Å². The molecule has 11 nitrogen and oxygen atoms in total. The Hall–Kier alpha value is -3.02. The summed E-state index contributed by atoms with van der Waals surface area (Å²) in [5.41, 5.74) is -0.275. The summed E-state index contributed by atoms with van der Waals surface area (Å²) in [6.45, 7) is 0.714. The van der Waals surface area contributed by atoms with E-state index in [0.717, 1.165) is 6.07 Å². The normalized spacial score (nSPS) is 18.7. The van der Waals surface area contributed by atoms with Gasteiger partial charge in [0.25, 0.3) is 17.5 Å². The molecule has 0 aromatic heterocycles. The number of nitrogens with zero attached hydrogens (tertiary/aromatic N) is 1. The van der Waals surface area contributed by atoms with Crippen molar-refractivity contribution in [3.05, 3.63) is 39.9 Å². The predicted molar refractivity (Wildman–Crippen MR) is 96.2 cm³/mol. The number of non-ortho nitro benzene ring substituents is 1. The summed E-state index contributed by atoms with van der Waals surface area (Å²) in [7, 11) is -3.15. The third-order valence-corrected chi connectivity index (χ3v) is 5.73. The lowest BCUT2D eigenvalue weighted by molar-refractivity contribution is -0.384. The average Bonchev–Trinajstić information content (AvgIpc) is 2.97. The standard InChI is InChI=1S/C16H19N3O8S/c1-10(17-15(21)11-3-2-4-13(7-11)19(23)24)16(22)27-8-14(20)18-12-5-6-28(25,26)9-12/h2-4,7,10,12H,5-6,8-9H2,1H3,(H,17,21)(H,18,20)/t10-,12?/m0/s1. The highest BCUT2D eigenvalue weighted by Crippen LogP contribution is 2.13. The number of esters is 1. The number of nitro benzene ring substituents is 1. The number of carbonyl (C=O) groups excluding carboxylic acids is 3. The number of hydrogen-bond acceptors (Lipinski definition) is 8. The second kappa shape index (κ2) is 8.78. The molecule has 1 saturated heterocycles. The molecule has 28 heavy (non-hydrogen) atoms. The van der Waals surface area contributed by atoms with Crippen LogP contribution < -0.4 is 10.6 Å². The van der Waals surface area contributed by atoms with E-state index in [1.807, 2.05) is 0 Å². The summed E-state index contributed by atoms with van der Waals surface area (Å²) in [6.07, 6.45) is 0.303. The van der Waals surface area contributed by atoms with Crippen molar-refractivity contribution in [2.24, 2.45) is 0 Å². The zero-order valence-electron chi connectivity index (χ0n) is 14.9. The first-order valence-electron chi connectivity index (χ1n) is 8.29. The van der Waals surface area contributed by atoms with Gasteiger partial charge < -0.3 is 15.4 Å². The molecule has 12 heteroatoms. The van der Waals surface area contributed by atoms with Crippen LogP contribution in [-0.4, -0.2) is 61.3 Å². The number of amides is 2. The molecule has 2 amide bonds. The van der Waals surface area contributed by atoms with Crippen LogP contribution in [0.15, 0.2) is 24.3 Å². The van der Waals surface area contributed by atoms with Gasteiger partial charge in [-0.15, -0.1) is 0 Å². The van der Waals surface area contributed by atoms with Crippen molar-refractivity contribution < 1.29 is 32.5 Å². The molecule has 2 atom stereocenters. The highest BCUT2D eigenvalue weighted by molar-refractivity contribution is 7.91. The van der Waals surface area contributed by atoms with Gasteiger partial charge in [-0.2, -0.15) is 0 Å². The summed E-state index contributed by atoms with van der Waals surface area (Å²) in [5, 5.41) is 15.5. The molecule has 1 aliphatic heterocycles. The van der Waals surface area contributed by atoms with E-state index < -0.39 is 51.2 Å². The predicted octanol–water partition coefficient (Wildman–Crippen LogP) is -0.440. The first-order chi connectivity index (χ1) is 13.1. The number of rotatable bonds is 7.